The fourth-order valence-electron chi connectivity index (χ4n) is 4.30. The Morgan fingerprint density at radius 1 is 1.23 bits per heavy atom. The smallest absolute Gasteiger partial charge is 0.306 e. The molecule has 10 heteroatoms. The quantitative estimate of drug-likeness (QED) is 0.548. The van der Waals surface area contributed by atoms with Crippen LogP contribution in [-0.2, 0) is 26.0 Å². The third kappa shape index (κ3) is 6.77. The number of piperidine rings is 1. The molecule has 9 nitrogen and oxygen atoms in total. The first-order valence-corrected chi connectivity index (χ1v) is 13.1. The molecule has 2 N–H and O–H groups in total. The highest BCUT2D eigenvalue weighted by Gasteiger charge is 2.27. The summed E-state index contributed by atoms with van der Waals surface area (Å²) in [6.45, 7) is 5.42. The molecule has 1 saturated carbocycles. The van der Waals surface area contributed by atoms with Gasteiger partial charge in [0.15, 0.2) is 0 Å². The Labute approximate surface area is 185 Å². The molecule has 0 bridgehead atoms. The first-order valence-electron chi connectivity index (χ1n) is 11.3. The van der Waals surface area contributed by atoms with Crippen molar-refractivity contribution in [3.05, 3.63) is 11.8 Å². The molecule has 0 unspecified atom stereocenters. The van der Waals surface area contributed by atoms with Gasteiger partial charge in [-0.05, 0) is 44.9 Å². The topological polar surface area (TPSA) is 114 Å². The van der Waals surface area contributed by atoms with Crippen molar-refractivity contribution in [2.45, 2.75) is 70.9 Å². The lowest BCUT2D eigenvalue weighted by atomic mass is 10.1. The molecule has 31 heavy (non-hydrogen) atoms. The number of rotatable bonds is 9. The maximum Gasteiger partial charge on any atom is 0.306 e. The first kappa shape index (κ1) is 23.7. The third-order valence-electron chi connectivity index (χ3n) is 6.21. The summed E-state index contributed by atoms with van der Waals surface area (Å²) in [6, 6.07) is 0.490. The summed E-state index contributed by atoms with van der Waals surface area (Å²) < 4.78 is 30.0. The van der Waals surface area contributed by atoms with E-state index in [1.807, 2.05) is 0 Å². The van der Waals surface area contributed by atoms with Crippen molar-refractivity contribution in [1.29, 1.82) is 0 Å². The Hall–Kier alpha value is -1.94. The second-order valence-corrected chi connectivity index (χ2v) is 10.6. The van der Waals surface area contributed by atoms with Crippen molar-refractivity contribution in [3.8, 4) is 0 Å². The van der Waals surface area contributed by atoms with Crippen LogP contribution in [0.3, 0.4) is 0 Å². The van der Waals surface area contributed by atoms with Gasteiger partial charge in [0, 0.05) is 43.4 Å². The Kier molecular flexibility index (Phi) is 8.10. The van der Waals surface area contributed by atoms with E-state index >= 15 is 0 Å². The van der Waals surface area contributed by atoms with Crippen LogP contribution in [-0.4, -0.2) is 66.7 Å². The molecule has 3 rings (SSSR count). The Morgan fingerprint density at radius 2 is 1.97 bits per heavy atom. The molecular weight excluding hydrogens is 418 g/mol. The number of nitrogens with zero attached hydrogens (tertiary/aromatic N) is 3. The molecule has 0 spiro atoms. The van der Waals surface area contributed by atoms with Gasteiger partial charge in [-0.25, -0.2) is 17.7 Å². The van der Waals surface area contributed by atoms with E-state index in [2.05, 4.69) is 22.5 Å². The van der Waals surface area contributed by atoms with Crippen molar-refractivity contribution in [2.24, 2.45) is 5.92 Å². The maximum atomic E-state index is 11.8. The SMILES string of the molecule is CCOC(=O)CCc1cnc(NC2CCN(S(C)(=O)=O)CC2)nc1N[C@@H]1CCC[C@@H]1C. The molecule has 1 aliphatic carbocycles. The minimum atomic E-state index is -3.14. The number of hydrogen-bond donors (Lipinski definition) is 2. The number of hydrogen-bond acceptors (Lipinski definition) is 8. The standard InChI is InChI=1S/C21H35N5O4S/c1-4-30-19(27)9-8-16-14-22-21(25-20(16)24-18-7-5-6-15(18)2)23-17-10-12-26(13-11-17)31(3,28)29/h14-15,17-18H,4-13H2,1-3H3,(H2,22,23,24,25)/t15-,18+/m0/s1. The number of anilines is 2. The summed E-state index contributed by atoms with van der Waals surface area (Å²) in [4.78, 5) is 21.0. The summed E-state index contributed by atoms with van der Waals surface area (Å²) in [7, 11) is -3.14. The van der Waals surface area contributed by atoms with E-state index in [4.69, 9.17) is 9.72 Å². The fraction of sp³-hybridized carbons (Fsp3) is 0.762. The first-order chi connectivity index (χ1) is 14.8. The lowest BCUT2D eigenvalue weighted by Crippen LogP contribution is -2.42. The van der Waals surface area contributed by atoms with Crippen LogP contribution >= 0.6 is 0 Å². The van der Waals surface area contributed by atoms with Crippen LogP contribution in [0.4, 0.5) is 11.8 Å². The molecule has 2 heterocycles. The van der Waals surface area contributed by atoms with Gasteiger partial charge in [-0.15, -0.1) is 0 Å². The van der Waals surface area contributed by atoms with Crippen LogP contribution in [0, 0.1) is 5.92 Å². The van der Waals surface area contributed by atoms with Crippen molar-refractivity contribution in [2.75, 3.05) is 36.6 Å². The van der Waals surface area contributed by atoms with E-state index in [1.54, 1.807) is 13.1 Å². The number of ether oxygens (including phenoxy) is 1. The Bertz CT molecular complexity index is 855. The Morgan fingerprint density at radius 3 is 2.58 bits per heavy atom. The summed E-state index contributed by atoms with van der Waals surface area (Å²) in [5.74, 6) is 1.66. The van der Waals surface area contributed by atoms with Gasteiger partial charge in [0.2, 0.25) is 16.0 Å². The van der Waals surface area contributed by atoms with E-state index in [0.29, 0.717) is 63.3 Å². The molecule has 1 aliphatic heterocycles. The van der Waals surface area contributed by atoms with Crippen molar-refractivity contribution in [3.63, 3.8) is 0 Å². The number of sulfonamides is 1. The second-order valence-electron chi connectivity index (χ2n) is 8.61. The normalized spacial score (nSPS) is 22.9. The van der Waals surface area contributed by atoms with Gasteiger partial charge in [0.1, 0.15) is 5.82 Å². The van der Waals surface area contributed by atoms with Gasteiger partial charge in [0.25, 0.3) is 0 Å². The molecule has 0 aromatic carbocycles. The second kappa shape index (κ2) is 10.6. The largest absolute Gasteiger partial charge is 0.466 e. The van der Waals surface area contributed by atoms with Gasteiger partial charge in [-0.2, -0.15) is 4.98 Å². The van der Waals surface area contributed by atoms with E-state index in [1.165, 1.54) is 23.4 Å². The molecule has 2 aliphatic rings. The molecule has 1 saturated heterocycles. The number of carbonyl (C=O) groups excluding carboxylic acids is 1. The highest BCUT2D eigenvalue weighted by atomic mass is 32.2. The zero-order valence-corrected chi connectivity index (χ0v) is 19.6. The minimum absolute atomic E-state index is 0.127. The van der Waals surface area contributed by atoms with Gasteiger partial charge in [0.05, 0.1) is 12.9 Å². The van der Waals surface area contributed by atoms with Crippen molar-refractivity contribution >= 4 is 27.8 Å². The summed E-state index contributed by atoms with van der Waals surface area (Å²) in [6.07, 6.45) is 8.78. The molecule has 2 fully saturated rings. The maximum absolute atomic E-state index is 11.8. The molecular formula is C21H35N5O4S. The van der Waals surface area contributed by atoms with Gasteiger partial charge in [-0.3, -0.25) is 4.79 Å². The molecule has 2 atom stereocenters. The minimum Gasteiger partial charge on any atom is -0.466 e. The average molecular weight is 454 g/mol. The van der Waals surface area contributed by atoms with Gasteiger partial charge < -0.3 is 15.4 Å². The number of nitrogens with one attached hydrogen (secondary N) is 2. The van der Waals surface area contributed by atoms with E-state index < -0.39 is 10.0 Å². The number of aryl methyl sites for hydroxylation is 1. The highest BCUT2D eigenvalue weighted by Crippen LogP contribution is 2.29. The van der Waals surface area contributed by atoms with Crippen molar-refractivity contribution in [1.82, 2.24) is 14.3 Å². The number of aromatic nitrogens is 2. The molecule has 1 aromatic heterocycles. The monoisotopic (exact) mass is 453 g/mol. The number of carbonyl (C=O) groups is 1. The summed E-state index contributed by atoms with van der Waals surface area (Å²) in [5.41, 5.74) is 0.907. The van der Waals surface area contributed by atoms with Crippen LogP contribution < -0.4 is 10.6 Å². The molecule has 174 valence electrons. The van der Waals surface area contributed by atoms with E-state index in [-0.39, 0.29) is 12.0 Å². The number of esters is 1. The zero-order valence-electron chi connectivity index (χ0n) is 18.8. The zero-order chi connectivity index (χ0) is 22.4. The predicted octanol–water partition coefficient (Wildman–Crippen LogP) is 2.41. The van der Waals surface area contributed by atoms with E-state index in [0.717, 1.165) is 17.8 Å². The molecule has 0 radical (unpaired) electrons. The van der Waals surface area contributed by atoms with Crippen LogP contribution in [0.25, 0.3) is 0 Å². The lowest BCUT2D eigenvalue weighted by Gasteiger charge is -2.30. The van der Waals surface area contributed by atoms with Gasteiger partial charge in [-0.1, -0.05) is 13.3 Å². The van der Waals surface area contributed by atoms with Crippen molar-refractivity contribution < 1.29 is 17.9 Å². The summed E-state index contributed by atoms with van der Waals surface area (Å²) >= 11 is 0. The Balaban J connectivity index is 1.68. The molecule has 0 amide bonds. The van der Waals surface area contributed by atoms with Crippen LogP contribution in [0.5, 0.6) is 0 Å². The fourth-order valence-corrected chi connectivity index (χ4v) is 5.18. The highest BCUT2D eigenvalue weighted by molar-refractivity contribution is 7.88. The van der Waals surface area contributed by atoms with Gasteiger partial charge >= 0.3 is 5.97 Å². The van der Waals surface area contributed by atoms with E-state index in [9.17, 15) is 13.2 Å². The molecule has 1 aromatic rings. The third-order valence-corrected chi connectivity index (χ3v) is 7.51. The van der Waals surface area contributed by atoms with Crippen LogP contribution in [0.1, 0.15) is 57.9 Å². The lowest BCUT2D eigenvalue weighted by molar-refractivity contribution is -0.143. The average Bonchev–Trinajstić information content (AvgIpc) is 3.12. The predicted molar refractivity (Wildman–Crippen MR) is 120 cm³/mol. The van der Waals surface area contributed by atoms with Crippen LogP contribution in [0.2, 0.25) is 0 Å². The van der Waals surface area contributed by atoms with Crippen LogP contribution in [0.15, 0.2) is 6.20 Å². The summed E-state index contributed by atoms with van der Waals surface area (Å²) in [5, 5.41) is 6.96.